The second-order valence-electron chi connectivity index (χ2n) is 4.93. The summed E-state index contributed by atoms with van der Waals surface area (Å²) in [6, 6.07) is 10.2. The number of thioether (sulfide) groups is 1. The zero-order valence-corrected chi connectivity index (χ0v) is 12.4. The second kappa shape index (κ2) is 6.96. The molecule has 4 heteroatoms. The largest absolute Gasteiger partial charge is 0.460 e. The summed E-state index contributed by atoms with van der Waals surface area (Å²) in [5, 5.41) is 0.579. The van der Waals surface area contributed by atoms with Crippen molar-refractivity contribution in [3.05, 3.63) is 35.9 Å². The molecule has 1 heterocycles. The van der Waals surface area contributed by atoms with E-state index in [1.165, 1.54) is 0 Å². The van der Waals surface area contributed by atoms with Gasteiger partial charge in [0.05, 0.1) is 6.54 Å². The van der Waals surface area contributed by atoms with E-state index >= 15 is 0 Å². The molecule has 0 aliphatic carbocycles. The van der Waals surface area contributed by atoms with Gasteiger partial charge in [0, 0.05) is 23.6 Å². The minimum atomic E-state index is -0.130. The van der Waals surface area contributed by atoms with Gasteiger partial charge in [-0.15, -0.1) is 0 Å². The van der Waals surface area contributed by atoms with E-state index in [4.69, 9.17) is 4.74 Å². The van der Waals surface area contributed by atoms with Gasteiger partial charge in [0.25, 0.3) is 0 Å². The molecule has 19 heavy (non-hydrogen) atoms. The first-order chi connectivity index (χ1) is 9.16. The topological polar surface area (TPSA) is 29.5 Å². The molecule has 0 amide bonds. The summed E-state index contributed by atoms with van der Waals surface area (Å²) in [6.45, 7) is 6.14. The van der Waals surface area contributed by atoms with Crippen molar-refractivity contribution in [3.8, 4) is 0 Å². The Kier molecular flexibility index (Phi) is 5.28. The van der Waals surface area contributed by atoms with Gasteiger partial charge in [0.15, 0.2) is 0 Å². The minimum absolute atomic E-state index is 0.130. The average molecular weight is 279 g/mol. The van der Waals surface area contributed by atoms with Gasteiger partial charge >= 0.3 is 5.97 Å². The maximum atomic E-state index is 11.9. The van der Waals surface area contributed by atoms with E-state index in [2.05, 4.69) is 18.7 Å². The van der Waals surface area contributed by atoms with Crippen molar-refractivity contribution in [2.45, 2.75) is 31.7 Å². The van der Waals surface area contributed by atoms with Gasteiger partial charge in [0.1, 0.15) is 6.61 Å². The van der Waals surface area contributed by atoms with E-state index in [-0.39, 0.29) is 5.97 Å². The maximum absolute atomic E-state index is 11.9. The molecule has 1 fully saturated rings. The number of ether oxygens (including phenoxy) is 1. The highest BCUT2D eigenvalue weighted by Crippen LogP contribution is 2.23. The minimum Gasteiger partial charge on any atom is -0.460 e. The van der Waals surface area contributed by atoms with Gasteiger partial charge < -0.3 is 4.74 Å². The molecule has 1 aromatic carbocycles. The fourth-order valence-electron chi connectivity index (χ4n) is 2.17. The predicted molar refractivity (Wildman–Crippen MR) is 79.2 cm³/mol. The van der Waals surface area contributed by atoms with Crippen LogP contribution in [0.1, 0.15) is 19.4 Å². The van der Waals surface area contributed by atoms with Gasteiger partial charge in [0.2, 0.25) is 0 Å². The Balaban J connectivity index is 1.78. The molecule has 0 saturated carbocycles. The van der Waals surface area contributed by atoms with Crippen molar-refractivity contribution < 1.29 is 9.53 Å². The van der Waals surface area contributed by atoms with Crippen molar-refractivity contribution in [2.24, 2.45) is 0 Å². The van der Waals surface area contributed by atoms with Crippen molar-refractivity contribution in [1.82, 2.24) is 4.90 Å². The summed E-state index contributed by atoms with van der Waals surface area (Å²) in [4.78, 5) is 14.1. The average Bonchev–Trinajstić information content (AvgIpc) is 2.43. The van der Waals surface area contributed by atoms with E-state index in [1.54, 1.807) is 0 Å². The summed E-state index contributed by atoms with van der Waals surface area (Å²) in [5.41, 5.74) is 1.03. The number of hydrogen-bond donors (Lipinski definition) is 0. The second-order valence-corrected chi connectivity index (χ2v) is 6.42. The van der Waals surface area contributed by atoms with Crippen molar-refractivity contribution in [2.75, 3.05) is 18.8 Å². The van der Waals surface area contributed by atoms with E-state index < -0.39 is 0 Å². The van der Waals surface area contributed by atoms with Gasteiger partial charge in [-0.1, -0.05) is 37.3 Å². The molecule has 0 spiro atoms. The number of carbonyl (C=O) groups is 1. The monoisotopic (exact) mass is 279 g/mol. The van der Waals surface area contributed by atoms with Gasteiger partial charge in [-0.25, -0.2) is 0 Å². The summed E-state index contributed by atoms with van der Waals surface area (Å²) in [6.07, 6.45) is 0. The molecule has 0 aromatic heterocycles. The molecular weight excluding hydrogens is 258 g/mol. The van der Waals surface area contributed by atoms with Crippen LogP contribution in [0.5, 0.6) is 0 Å². The third-order valence-corrected chi connectivity index (χ3v) is 4.93. The van der Waals surface area contributed by atoms with E-state index in [1.807, 2.05) is 42.1 Å². The van der Waals surface area contributed by atoms with E-state index in [0.717, 1.165) is 17.9 Å². The fourth-order valence-corrected chi connectivity index (χ4v) is 3.33. The van der Waals surface area contributed by atoms with Gasteiger partial charge in [-0.3, -0.25) is 9.69 Å². The molecule has 1 saturated heterocycles. The van der Waals surface area contributed by atoms with Gasteiger partial charge in [-0.05, 0) is 12.5 Å². The third kappa shape index (κ3) is 4.25. The zero-order chi connectivity index (χ0) is 13.7. The van der Waals surface area contributed by atoms with Crippen LogP contribution in [0.3, 0.4) is 0 Å². The normalized spacial score (nSPS) is 24.1. The molecule has 2 rings (SSSR count). The Bertz CT molecular complexity index is 410. The Morgan fingerprint density at radius 1 is 1.37 bits per heavy atom. The molecule has 0 radical (unpaired) electrons. The molecule has 104 valence electrons. The summed E-state index contributed by atoms with van der Waals surface area (Å²) >= 11 is 1.97. The van der Waals surface area contributed by atoms with E-state index in [9.17, 15) is 4.79 Å². The summed E-state index contributed by atoms with van der Waals surface area (Å²) in [5.74, 6) is 0.965. The first kappa shape index (κ1) is 14.4. The number of esters is 1. The predicted octanol–water partition coefficient (Wildman–Crippen LogP) is 2.56. The lowest BCUT2D eigenvalue weighted by Gasteiger charge is -2.36. The Morgan fingerprint density at radius 3 is 2.84 bits per heavy atom. The number of nitrogens with zero attached hydrogens (tertiary/aromatic N) is 1. The lowest BCUT2D eigenvalue weighted by molar-refractivity contribution is -0.146. The maximum Gasteiger partial charge on any atom is 0.320 e. The standard InChI is InChI=1S/C15H21NO2S/c1-12-13(2)19-9-8-16(12)10-15(17)18-11-14-6-4-3-5-7-14/h3-7,12-13H,8-11H2,1-2H3. The number of carbonyl (C=O) groups excluding carboxylic acids is 1. The molecule has 0 bridgehead atoms. The molecule has 2 unspecified atom stereocenters. The number of rotatable bonds is 4. The van der Waals surface area contributed by atoms with Crippen LogP contribution in [0.2, 0.25) is 0 Å². The van der Waals surface area contributed by atoms with Crippen molar-refractivity contribution in [1.29, 1.82) is 0 Å². The molecule has 1 aromatic rings. The van der Waals surface area contributed by atoms with E-state index in [0.29, 0.717) is 24.4 Å². The molecule has 0 N–H and O–H groups in total. The summed E-state index contributed by atoms with van der Waals surface area (Å²) < 4.78 is 5.33. The lowest BCUT2D eigenvalue weighted by Crippen LogP contribution is -2.47. The van der Waals surface area contributed by atoms with Gasteiger partial charge in [-0.2, -0.15) is 11.8 Å². The highest BCUT2D eigenvalue weighted by Gasteiger charge is 2.26. The molecule has 1 aliphatic heterocycles. The molecule has 2 atom stereocenters. The Hall–Kier alpha value is -1.00. The van der Waals surface area contributed by atoms with Crippen LogP contribution in [-0.4, -0.2) is 41.0 Å². The van der Waals surface area contributed by atoms with Crippen LogP contribution in [0.4, 0.5) is 0 Å². The SMILES string of the molecule is CC1SCCN(CC(=O)OCc2ccccc2)C1C. The van der Waals surface area contributed by atoms with Crippen LogP contribution in [-0.2, 0) is 16.1 Å². The van der Waals surface area contributed by atoms with Crippen LogP contribution < -0.4 is 0 Å². The molecule has 1 aliphatic rings. The van der Waals surface area contributed by atoms with Crippen LogP contribution in [0.15, 0.2) is 30.3 Å². The molecule has 3 nitrogen and oxygen atoms in total. The Morgan fingerprint density at radius 2 is 2.11 bits per heavy atom. The molecular formula is C15H21NO2S. The quantitative estimate of drug-likeness (QED) is 0.792. The highest BCUT2D eigenvalue weighted by atomic mass is 32.2. The Labute approximate surface area is 119 Å². The first-order valence-electron chi connectivity index (χ1n) is 6.72. The lowest BCUT2D eigenvalue weighted by atomic mass is 10.2. The zero-order valence-electron chi connectivity index (χ0n) is 11.5. The first-order valence-corrected chi connectivity index (χ1v) is 7.77. The van der Waals surface area contributed by atoms with Crippen molar-refractivity contribution >= 4 is 17.7 Å². The summed E-state index contributed by atoms with van der Waals surface area (Å²) in [7, 11) is 0. The van der Waals surface area contributed by atoms with Crippen LogP contribution >= 0.6 is 11.8 Å². The van der Waals surface area contributed by atoms with Crippen LogP contribution in [0, 0.1) is 0 Å². The highest BCUT2D eigenvalue weighted by molar-refractivity contribution is 8.00. The number of benzene rings is 1. The smallest absolute Gasteiger partial charge is 0.320 e. The fraction of sp³-hybridized carbons (Fsp3) is 0.533. The third-order valence-electron chi connectivity index (χ3n) is 3.59. The van der Waals surface area contributed by atoms with Crippen molar-refractivity contribution in [3.63, 3.8) is 0 Å². The number of hydrogen-bond acceptors (Lipinski definition) is 4. The van der Waals surface area contributed by atoms with Crippen LogP contribution in [0.25, 0.3) is 0 Å².